The van der Waals surface area contributed by atoms with Crippen molar-refractivity contribution in [2.75, 3.05) is 24.6 Å². The highest BCUT2D eigenvalue weighted by atomic mass is 19.1. The topological polar surface area (TPSA) is 62.7 Å². The Kier molecular flexibility index (Phi) is 6.44. The van der Waals surface area contributed by atoms with Crippen molar-refractivity contribution in [1.29, 1.82) is 0 Å². The number of aromatic nitrogens is 1. The standard InChI is InChI=1S/C21H24F2N2O3/c1-2-28-19-5-3-4-18(24-19)15-12-16(22)21(17(23)13-15)25-10-8-14(9-11-25)6-7-20(26)27/h3-5,12-14H,2,6-11H2,1H3,(H,26,27). The summed E-state index contributed by atoms with van der Waals surface area (Å²) >= 11 is 0. The Bertz CT molecular complexity index is 813. The number of carboxylic acids is 1. The van der Waals surface area contributed by atoms with Gasteiger partial charge in [0.2, 0.25) is 5.88 Å². The van der Waals surface area contributed by atoms with E-state index in [9.17, 15) is 13.6 Å². The fourth-order valence-corrected chi connectivity index (χ4v) is 3.59. The lowest BCUT2D eigenvalue weighted by molar-refractivity contribution is -0.137. The van der Waals surface area contributed by atoms with Crippen LogP contribution in [-0.2, 0) is 4.79 Å². The van der Waals surface area contributed by atoms with E-state index in [4.69, 9.17) is 9.84 Å². The van der Waals surface area contributed by atoms with E-state index in [-0.39, 0.29) is 18.0 Å². The third-order valence-corrected chi connectivity index (χ3v) is 5.03. The van der Waals surface area contributed by atoms with Crippen LogP contribution in [0.4, 0.5) is 14.5 Å². The van der Waals surface area contributed by atoms with Crippen LogP contribution in [0.3, 0.4) is 0 Å². The van der Waals surface area contributed by atoms with Gasteiger partial charge in [-0.1, -0.05) is 6.07 Å². The van der Waals surface area contributed by atoms with Crippen LogP contribution in [0, 0.1) is 17.6 Å². The van der Waals surface area contributed by atoms with E-state index < -0.39 is 17.6 Å². The smallest absolute Gasteiger partial charge is 0.303 e. The minimum atomic E-state index is -0.808. The number of carboxylic acid groups (broad SMARTS) is 1. The number of nitrogens with zero attached hydrogens (tertiary/aromatic N) is 2. The molecule has 1 saturated heterocycles. The molecule has 1 N–H and O–H groups in total. The van der Waals surface area contributed by atoms with Gasteiger partial charge < -0.3 is 14.7 Å². The fourth-order valence-electron chi connectivity index (χ4n) is 3.59. The zero-order chi connectivity index (χ0) is 20.1. The summed E-state index contributed by atoms with van der Waals surface area (Å²) in [6, 6.07) is 7.71. The molecular formula is C21H24F2N2O3. The van der Waals surface area contributed by atoms with Crippen LogP contribution < -0.4 is 9.64 Å². The average Bonchev–Trinajstić information content (AvgIpc) is 2.67. The Hall–Kier alpha value is -2.70. The summed E-state index contributed by atoms with van der Waals surface area (Å²) in [5.74, 6) is -1.36. The molecule has 5 nitrogen and oxygen atoms in total. The summed E-state index contributed by atoms with van der Waals surface area (Å²) in [6.45, 7) is 3.32. The van der Waals surface area contributed by atoms with Crippen LogP contribution in [0.15, 0.2) is 30.3 Å². The first-order valence-corrected chi connectivity index (χ1v) is 9.54. The number of anilines is 1. The van der Waals surface area contributed by atoms with Crippen molar-refractivity contribution in [3.63, 3.8) is 0 Å². The van der Waals surface area contributed by atoms with E-state index in [1.807, 2.05) is 6.92 Å². The number of aliphatic carboxylic acids is 1. The van der Waals surface area contributed by atoms with Crippen molar-refractivity contribution in [3.05, 3.63) is 42.0 Å². The first-order chi connectivity index (χ1) is 13.5. The number of benzene rings is 1. The maximum absolute atomic E-state index is 14.8. The van der Waals surface area contributed by atoms with E-state index in [0.29, 0.717) is 43.3 Å². The maximum atomic E-state index is 14.8. The van der Waals surface area contributed by atoms with Crippen molar-refractivity contribution in [3.8, 4) is 17.1 Å². The summed E-state index contributed by atoms with van der Waals surface area (Å²) in [7, 11) is 0. The lowest BCUT2D eigenvalue weighted by Gasteiger charge is -2.34. The number of hydrogen-bond acceptors (Lipinski definition) is 4. The van der Waals surface area contributed by atoms with Crippen LogP contribution in [0.5, 0.6) is 5.88 Å². The molecule has 3 rings (SSSR count). The van der Waals surface area contributed by atoms with E-state index in [1.54, 1.807) is 23.1 Å². The monoisotopic (exact) mass is 390 g/mol. The van der Waals surface area contributed by atoms with Gasteiger partial charge in [0.05, 0.1) is 12.3 Å². The van der Waals surface area contributed by atoms with Crippen LogP contribution in [0.2, 0.25) is 0 Å². The third-order valence-electron chi connectivity index (χ3n) is 5.03. The molecule has 0 bridgehead atoms. The summed E-state index contributed by atoms with van der Waals surface area (Å²) in [5, 5.41) is 8.79. The van der Waals surface area contributed by atoms with Crippen LogP contribution in [0.25, 0.3) is 11.3 Å². The molecule has 1 aromatic carbocycles. The SMILES string of the molecule is CCOc1cccc(-c2cc(F)c(N3CCC(CCC(=O)O)CC3)c(F)c2)n1. The molecule has 1 aromatic heterocycles. The average molecular weight is 390 g/mol. The van der Waals surface area contributed by atoms with E-state index in [2.05, 4.69) is 4.98 Å². The quantitative estimate of drug-likeness (QED) is 0.754. The zero-order valence-electron chi connectivity index (χ0n) is 15.8. The second-order valence-electron chi connectivity index (χ2n) is 6.95. The van der Waals surface area contributed by atoms with Crippen LogP contribution in [-0.4, -0.2) is 35.8 Å². The predicted molar refractivity (Wildman–Crippen MR) is 103 cm³/mol. The molecule has 0 saturated carbocycles. The minimum Gasteiger partial charge on any atom is -0.481 e. The molecule has 0 spiro atoms. The highest BCUT2D eigenvalue weighted by molar-refractivity contribution is 5.66. The molecule has 0 radical (unpaired) electrons. The minimum absolute atomic E-state index is 0.0265. The van der Waals surface area contributed by atoms with Gasteiger partial charge in [0.15, 0.2) is 0 Å². The van der Waals surface area contributed by atoms with Gasteiger partial charge in [0, 0.05) is 31.1 Å². The number of hydrogen-bond donors (Lipinski definition) is 1. The van der Waals surface area contributed by atoms with Crippen molar-refractivity contribution < 1.29 is 23.4 Å². The van der Waals surface area contributed by atoms with Crippen molar-refractivity contribution in [2.24, 2.45) is 5.92 Å². The summed E-state index contributed by atoms with van der Waals surface area (Å²) in [5.41, 5.74) is 0.778. The molecule has 1 aliphatic heterocycles. The number of halogens is 2. The lowest BCUT2D eigenvalue weighted by atomic mass is 9.92. The molecule has 0 unspecified atom stereocenters. The van der Waals surface area contributed by atoms with Crippen molar-refractivity contribution in [2.45, 2.75) is 32.6 Å². The van der Waals surface area contributed by atoms with Crippen LogP contribution >= 0.6 is 0 Å². The Morgan fingerprint density at radius 2 is 1.93 bits per heavy atom. The predicted octanol–water partition coefficient (Wildman–Crippen LogP) is 4.51. The molecule has 0 atom stereocenters. The van der Waals surface area contributed by atoms with Crippen molar-refractivity contribution in [1.82, 2.24) is 4.98 Å². The molecule has 0 amide bonds. The summed E-state index contributed by atoms with van der Waals surface area (Å²) < 4.78 is 34.9. The second kappa shape index (κ2) is 8.99. The molecule has 0 aliphatic carbocycles. The number of pyridine rings is 1. The zero-order valence-corrected chi connectivity index (χ0v) is 15.8. The molecule has 2 heterocycles. The van der Waals surface area contributed by atoms with Crippen molar-refractivity contribution >= 4 is 11.7 Å². The van der Waals surface area contributed by atoms with Crippen LogP contribution in [0.1, 0.15) is 32.6 Å². The van der Waals surface area contributed by atoms with Gasteiger partial charge in [-0.05, 0) is 50.3 Å². The Balaban J connectivity index is 1.74. The highest BCUT2D eigenvalue weighted by Gasteiger charge is 2.25. The first kappa shape index (κ1) is 20.0. The Morgan fingerprint density at radius 1 is 1.25 bits per heavy atom. The third kappa shape index (κ3) is 4.77. The van der Waals surface area contributed by atoms with Gasteiger partial charge in [0.25, 0.3) is 0 Å². The lowest BCUT2D eigenvalue weighted by Crippen LogP contribution is -2.35. The van der Waals surface area contributed by atoms with Gasteiger partial charge in [-0.2, -0.15) is 0 Å². The summed E-state index contributed by atoms with van der Waals surface area (Å²) in [4.78, 5) is 16.7. The van der Waals surface area contributed by atoms with Gasteiger partial charge in [-0.15, -0.1) is 0 Å². The molecule has 2 aromatic rings. The molecule has 7 heteroatoms. The molecular weight excluding hydrogens is 366 g/mol. The number of rotatable bonds is 7. The summed E-state index contributed by atoms with van der Waals surface area (Å²) in [6.07, 6.45) is 2.20. The van der Waals surface area contributed by atoms with Gasteiger partial charge in [0.1, 0.15) is 17.3 Å². The van der Waals surface area contributed by atoms with E-state index in [1.165, 1.54) is 12.1 Å². The normalized spacial score (nSPS) is 14.9. The first-order valence-electron chi connectivity index (χ1n) is 9.54. The molecule has 1 aliphatic rings. The highest BCUT2D eigenvalue weighted by Crippen LogP contribution is 2.33. The Morgan fingerprint density at radius 3 is 2.54 bits per heavy atom. The van der Waals surface area contributed by atoms with Gasteiger partial charge in [-0.3, -0.25) is 4.79 Å². The molecule has 1 fully saturated rings. The fraction of sp³-hybridized carbons (Fsp3) is 0.429. The number of ether oxygens (including phenoxy) is 1. The second-order valence-corrected chi connectivity index (χ2v) is 6.95. The van der Waals surface area contributed by atoms with Gasteiger partial charge in [-0.25, -0.2) is 13.8 Å². The van der Waals surface area contributed by atoms with E-state index >= 15 is 0 Å². The number of piperidine rings is 1. The van der Waals surface area contributed by atoms with Gasteiger partial charge >= 0.3 is 5.97 Å². The molecule has 150 valence electrons. The number of carbonyl (C=O) groups is 1. The van der Waals surface area contributed by atoms with E-state index in [0.717, 1.165) is 12.8 Å². The largest absolute Gasteiger partial charge is 0.481 e. The Labute approximate surface area is 163 Å². The maximum Gasteiger partial charge on any atom is 0.303 e. The molecule has 28 heavy (non-hydrogen) atoms.